The monoisotopic (exact) mass is 740 g/mol. The van der Waals surface area contributed by atoms with Crippen molar-refractivity contribution >= 4 is 0 Å². The average molecular weight is 741 g/mol. The number of rotatable bonds is 10. The first-order chi connectivity index (χ1) is 24.4. The molecule has 0 aromatic heterocycles. The molecular weight excluding hydrogens is 676 g/mol. The molecule has 5 fully saturated rings. The molecule has 2 heterocycles. The number of hydrogen-bond donors (Lipinski definition) is 9. The van der Waals surface area contributed by atoms with Crippen LogP contribution < -0.4 is 0 Å². The molecule has 2 aliphatic heterocycles. The van der Waals surface area contributed by atoms with Gasteiger partial charge in [0, 0.05) is 0 Å². The third kappa shape index (κ3) is 6.99. The summed E-state index contributed by atoms with van der Waals surface area (Å²) in [5.74, 6) is 1.42. The van der Waals surface area contributed by atoms with Crippen molar-refractivity contribution in [1.29, 1.82) is 0 Å². The first kappa shape index (κ1) is 40.6. The Balaban J connectivity index is 1.36. The Morgan fingerprint density at radius 3 is 2.21 bits per heavy atom. The van der Waals surface area contributed by atoms with Crippen molar-refractivity contribution in [3.05, 3.63) is 23.8 Å². The van der Waals surface area contributed by atoms with Gasteiger partial charge in [0.1, 0.15) is 54.9 Å². The van der Waals surface area contributed by atoms with E-state index in [1.54, 1.807) is 0 Å². The van der Waals surface area contributed by atoms with E-state index in [9.17, 15) is 46.0 Å². The molecule has 13 heteroatoms. The molecule has 0 bridgehead atoms. The highest BCUT2D eigenvalue weighted by molar-refractivity contribution is 5.33. The molecule has 6 aliphatic rings. The fraction of sp³-hybridized carbons (Fsp3) is 0.897. The van der Waals surface area contributed by atoms with E-state index in [2.05, 4.69) is 41.2 Å². The number of aliphatic hydroxyl groups excluding tert-OH is 9. The highest BCUT2D eigenvalue weighted by Crippen LogP contribution is 2.68. The molecule has 3 saturated carbocycles. The summed E-state index contributed by atoms with van der Waals surface area (Å²) in [7, 11) is 0. The van der Waals surface area contributed by atoms with E-state index in [1.807, 2.05) is 6.08 Å². The van der Waals surface area contributed by atoms with Crippen LogP contribution in [-0.4, -0.2) is 139 Å². The van der Waals surface area contributed by atoms with Gasteiger partial charge in [-0.3, -0.25) is 0 Å². The van der Waals surface area contributed by atoms with Crippen molar-refractivity contribution in [3.63, 3.8) is 0 Å². The van der Waals surface area contributed by atoms with E-state index in [-0.39, 0.29) is 36.2 Å². The third-order valence-electron chi connectivity index (χ3n) is 14.6. The standard InChI is InChI=1S/C39H64O13/c1-17(2)18(3)7-8-19(4)20-9-10-21-28-22(11-12-38(20,21)5)39(6)14-24(41)30(44)35(52-37-34(48)32(46)31(45)27(15-40)51-37)23(39)13-26(28)50-36-33(47)29(43)25(42)16-49-36/h13,17,19-22,24-37,40-48H,3,7-12,14-16H2,1-2,4-6H3/t19-,20-,21+,22+,24-,25-,26-,27-,28+,29+,30+,31+,32+,33-,34-,35-,36+,37+,38-,39-/m1/s1. The number of fused-ring (bicyclic) bond motifs is 5. The summed E-state index contributed by atoms with van der Waals surface area (Å²) in [6, 6.07) is 0. The second-order valence-electron chi connectivity index (χ2n) is 17.8. The Hall–Kier alpha value is -1.04. The summed E-state index contributed by atoms with van der Waals surface area (Å²) in [6.45, 7) is 14.6. The van der Waals surface area contributed by atoms with Gasteiger partial charge in [-0.05, 0) is 96.9 Å². The molecule has 9 N–H and O–H groups in total. The second kappa shape index (κ2) is 15.5. The van der Waals surface area contributed by atoms with Crippen LogP contribution in [0, 0.1) is 46.3 Å². The zero-order valence-corrected chi connectivity index (χ0v) is 31.3. The third-order valence-corrected chi connectivity index (χ3v) is 14.6. The van der Waals surface area contributed by atoms with Crippen LogP contribution in [0.5, 0.6) is 0 Å². The average Bonchev–Trinajstić information content (AvgIpc) is 3.46. The van der Waals surface area contributed by atoms with E-state index in [1.165, 1.54) is 5.57 Å². The minimum Gasteiger partial charge on any atom is -0.394 e. The smallest absolute Gasteiger partial charge is 0.187 e. The molecule has 0 unspecified atom stereocenters. The minimum atomic E-state index is -1.72. The first-order valence-corrected chi connectivity index (χ1v) is 19.5. The summed E-state index contributed by atoms with van der Waals surface area (Å²) in [5, 5.41) is 96.1. The summed E-state index contributed by atoms with van der Waals surface area (Å²) in [6.07, 6.45) is -9.98. The van der Waals surface area contributed by atoms with Crippen LogP contribution in [0.25, 0.3) is 0 Å². The summed E-state index contributed by atoms with van der Waals surface area (Å²) in [5.41, 5.74) is 1.14. The van der Waals surface area contributed by atoms with Crippen LogP contribution in [0.4, 0.5) is 0 Å². The van der Waals surface area contributed by atoms with E-state index in [0.29, 0.717) is 23.3 Å². The van der Waals surface area contributed by atoms with Crippen molar-refractivity contribution < 1.29 is 64.9 Å². The van der Waals surface area contributed by atoms with Crippen molar-refractivity contribution in [3.8, 4) is 0 Å². The molecule has 52 heavy (non-hydrogen) atoms. The van der Waals surface area contributed by atoms with Gasteiger partial charge in [0.15, 0.2) is 12.6 Å². The molecule has 13 nitrogen and oxygen atoms in total. The Bertz CT molecular complexity index is 1290. The predicted octanol–water partition coefficient (Wildman–Crippen LogP) is 0.755. The number of hydrogen-bond acceptors (Lipinski definition) is 13. The van der Waals surface area contributed by atoms with Gasteiger partial charge in [0.05, 0.1) is 25.4 Å². The number of aliphatic hydroxyl groups is 9. The molecule has 0 radical (unpaired) electrons. The van der Waals surface area contributed by atoms with E-state index in [0.717, 1.165) is 38.5 Å². The van der Waals surface area contributed by atoms with Crippen LogP contribution in [0.3, 0.4) is 0 Å². The lowest BCUT2D eigenvalue weighted by molar-refractivity contribution is -0.321. The fourth-order valence-corrected chi connectivity index (χ4v) is 11.3. The van der Waals surface area contributed by atoms with Crippen molar-refractivity contribution in [2.75, 3.05) is 13.2 Å². The van der Waals surface area contributed by atoms with Crippen LogP contribution in [0.15, 0.2) is 23.8 Å². The van der Waals surface area contributed by atoms with E-state index in [4.69, 9.17) is 18.9 Å². The first-order valence-electron chi connectivity index (χ1n) is 19.5. The van der Waals surface area contributed by atoms with E-state index >= 15 is 0 Å². The summed E-state index contributed by atoms with van der Waals surface area (Å²) in [4.78, 5) is 0. The van der Waals surface area contributed by atoms with Crippen LogP contribution in [0.2, 0.25) is 0 Å². The maximum absolute atomic E-state index is 11.5. The maximum Gasteiger partial charge on any atom is 0.187 e. The van der Waals surface area contributed by atoms with Gasteiger partial charge < -0.3 is 64.9 Å². The Kier molecular flexibility index (Phi) is 12.1. The van der Waals surface area contributed by atoms with Crippen LogP contribution >= 0.6 is 0 Å². The zero-order valence-electron chi connectivity index (χ0n) is 31.3. The van der Waals surface area contributed by atoms with Gasteiger partial charge in [0.25, 0.3) is 0 Å². The topological polar surface area (TPSA) is 219 Å². The minimum absolute atomic E-state index is 0.0240. The van der Waals surface area contributed by atoms with Gasteiger partial charge in [0.2, 0.25) is 0 Å². The zero-order chi connectivity index (χ0) is 38.0. The molecule has 20 atom stereocenters. The SMILES string of the molecule is C=C(CC[C@@H](C)[C@H]1CC[C@H]2[C@@H]3[C@H](O[C@@H]4OC[C@@H](O)[C@H](O)[C@H]4O)C=C4[C@@H](O[C@@H]5O[C@H](CO)[C@H](O)[C@H](O)[C@H]5O)[C@@H](O)[C@H](O)C[C@]4(C)[C@H]3CC[C@]12C)C(C)C. The molecule has 0 aromatic carbocycles. The Labute approximate surface area is 307 Å². The lowest BCUT2D eigenvalue weighted by atomic mass is 9.45. The molecule has 4 aliphatic carbocycles. The number of ether oxygens (including phenoxy) is 4. The van der Waals surface area contributed by atoms with Crippen LogP contribution in [0.1, 0.15) is 79.6 Å². The lowest BCUT2D eigenvalue weighted by Gasteiger charge is -2.62. The van der Waals surface area contributed by atoms with Gasteiger partial charge in [-0.25, -0.2) is 0 Å². The Morgan fingerprint density at radius 2 is 1.54 bits per heavy atom. The highest BCUT2D eigenvalue weighted by Gasteiger charge is 2.64. The van der Waals surface area contributed by atoms with Crippen LogP contribution in [-0.2, 0) is 18.9 Å². The molecule has 6 rings (SSSR count). The van der Waals surface area contributed by atoms with Gasteiger partial charge in [-0.15, -0.1) is 0 Å². The Morgan fingerprint density at radius 1 is 0.846 bits per heavy atom. The molecule has 0 aromatic rings. The quantitative estimate of drug-likeness (QED) is 0.142. The molecule has 298 valence electrons. The van der Waals surface area contributed by atoms with Crippen molar-refractivity contribution in [2.24, 2.45) is 46.3 Å². The lowest BCUT2D eigenvalue weighted by Crippen LogP contribution is -2.64. The van der Waals surface area contributed by atoms with Gasteiger partial charge >= 0.3 is 0 Å². The van der Waals surface area contributed by atoms with Crippen molar-refractivity contribution in [1.82, 2.24) is 0 Å². The number of allylic oxidation sites excluding steroid dienone is 1. The van der Waals surface area contributed by atoms with Crippen molar-refractivity contribution in [2.45, 2.75) is 159 Å². The predicted molar refractivity (Wildman–Crippen MR) is 187 cm³/mol. The van der Waals surface area contributed by atoms with Gasteiger partial charge in [-0.2, -0.15) is 0 Å². The normalized spacial score (nSPS) is 51.3. The largest absolute Gasteiger partial charge is 0.394 e. The summed E-state index contributed by atoms with van der Waals surface area (Å²) >= 11 is 0. The summed E-state index contributed by atoms with van der Waals surface area (Å²) < 4.78 is 24.3. The highest BCUT2D eigenvalue weighted by atomic mass is 16.7. The maximum atomic E-state index is 11.5. The fourth-order valence-electron chi connectivity index (χ4n) is 11.3. The molecular formula is C39H64O13. The molecule has 0 amide bonds. The molecule has 0 spiro atoms. The van der Waals surface area contributed by atoms with Gasteiger partial charge in [-0.1, -0.05) is 52.8 Å². The molecule has 2 saturated heterocycles. The second-order valence-corrected chi connectivity index (χ2v) is 17.8. The van der Waals surface area contributed by atoms with E-state index < -0.39 is 91.7 Å².